The van der Waals surface area contributed by atoms with Gasteiger partial charge in [0.2, 0.25) is 10.0 Å². The number of thiophene rings is 1. The Morgan fingerprint density at radius 3 is 2.43 bits per heavy atom. The Kier molecular flexibility index (Phi) is 5.58. The van der Waals surface area contributed by atoms with Gasteiger partial charge in [-0.3, -0.25) is 4.72 Å². The Labute approximate surface area is 180 Å². The van der Waals surface area contributed by atoms with Crippen molar-refractivity contribution >= 4 is 37.1 Å². The summed E-state index contributed by atoms with van der Waals surface area (Å²) < 4.78 is 60.3. The van der Waals surface area contributed by atoms with Crippen molar-refractivity contribution in [3.05, 3.63) is 71.1 Å². The van der Waals surface area contributed by atoms with Crippen molar-refractivity contribution in [2.24, 2.45) is 0 Å². The molecule has 1 aliphatic rings. The summed E-state index contributed by atoms with van der Waals surface area (Å²) >= 11 is 1.13. The molecule has 0 amide bonds. The van der Waals surface area contributed by atoms with E-state index in [0.29, 0.717) is 24.4 Å². The maximum absolute atomic E-state index is 13.0. The van der Waals surface area contributed by atoms with E-state index in [9.17, 15) is 16.8 Å². The molecule has 3 aromatic rings. The van der Waals surface area contributed by atoms with Crippen LogP contribution in [0, 0.1) is 0 Å². The molecule has 0 saturated heterocycles. The van der Waals surface area contributed by atoms with Crippen LogP contribution in [0.25, 0.3) is 0 Å². The zero-order valence-electron chi connectivity index (χ0n) is 16.1. The molecule has 4 rings (SSSR count). The number of benzene rings is 2. The van der Waals surface area contributed by atoms with Crippen LogP contribution in [0.2, 0.25) is 0 Å². The second kappa shape index (κ2) is 8.03. The van der Waals surface area contributed by atoms with Gasteiger partial charge in [0.05, 0.1) is 12.0 Å². The highest BCUT2D eigenvalue weighted by atomic mass is 32.2. The standard InChI is InChI=1S/C20H20N2O5S3/c1-27-18-6-8-19(9-7-18)30(25,26)22-11-10-15-4-5-17(13-16(15)14-22)21-29(23,24)20-3-2-12-28-20/h2-9,12-13,21H,10-11,14H2,1H3. The van der Waals surface area contributed by atoms with Crippen molar-refractivity contribution in [2.45, 2.75) is 22.1 Å². The number of methoxy groups -OCH3 is 1. The molecule has 30 heavy (non-hydrogen) atoms. The highest BCUT2D eigenvalue weighted by Gasteiger charge is 2.28. The molecule has 0 fully saturated rings. The molecule has 1 aromatic heterocycles. The average Bonchev–Trinajstić information content (AvgIpc) is 3.29. The van der Waals surface area contributed by atoms with Crippen molar-refractivity contribution in [1.29, 1.82) is 0 Å². The minimum atomic E-state index is -3.67. The number of fused-ring (bicyclic) bond motifs is 1. The number of ether oxygens (including phenoxy) is 1. The third-order valence-corrected chi connectivity index (χ3v) is 9.53. The summed E-state index contributed by atoms with van der Waals surface area (Å²) in [5, 5.41) is 1.70. The fourth-order valence-electron chi connectivity index (χ4n) is 3.32. The summed E-state index contributed by atoms with van der Waals surface area (Å²) in [6, 6.07) is 14.7. The van der Waals surface area contributed by atoms with Crippen LogP contribution in [0.15, 0.2) is 69.1 Å². The van der Waals surface area contributed by atoms with E-state index in [4.69, 9.17) is 4.74 Å². The number of nitrogens with one attached hydrogen (secondary N) is 1. The normalized spacial score (nSPS) is 14.8. The van der Waals surface area contributed by atoms with Crippen LogP contribution in [0.4, 0.5) is 5.69 Å². The quantitative estimate of drug-likeness (QED) is 0.604. The fraction of sp³-hybridized carbons (Fsp3) is 0.200. The monoisotopic (exact) mass is 464 g/mol. The van der Waals surface area contributed by atoms with Gasteiger partial charge in [0.15, 0.2) is 0 Å². The first-order valence-electron chi connectivity index (χ1n) is 9.12. The first-order valence-corrected chi connectivity index (χ1v) is 12.9. The van der Waals surface area contributed by atoms with Gasteiger partial charge in [-0.05, 0) is 65.4 Å². The largest absolute Gasteiger partial charge is 0.497 e. The number of rotatable bonds is 6. The molecule has 0 radical (unpaired) electrons. The van der Waals surface area contributed by atoms with Gasteiger partial charge in [-0.15, -0.1) is 11.3 Å². The lowest BCUT2D eigenvalue weighted by Gasteiger charge is -2.28. The van der Waals surface area contributed by atoms with Gasteiger partial charge in [0.25, 0.3) is 10.0 Å². The van der Waals surface area contributed by atoms with Gasteiger partial charge < -0.3 is 4.74 Å². The molecule has 2 heterocycles. The van der Waals surface area contributed by atoms with E-state index < -0.39 is 20.0 Å². The van der Waals surface area contributed by atoms with Crippen LogP contribution in [-0.4, -0.2) is 34.8 Å². The first-order chi connectivity index (χ1) is 14.3. The smallest absolute Gasteiger partial charge is 0.271 e. The van der Waals surface area contributed by atoms with E-state index >= 15 is 0 Å². The number of nitrogens with zero attached hydrogens (tertiary/aromatic N) is 1. The van der Waals surface area contributed by atoms with E-state index in [-0.39, 0.29) is 15.6 Å². The molecule has 0 atom stereocenters. The molecule has 0 bridgehead atoms. The molecular weight excluding hydrogens is 444 g/mol. The predicted octanol–water partition coefficient (Wildman–Crippen LogP) is 3.30. The molecule has 1 aliphatic heterocycles. The van der Waals surface area contributed by atoms with E-state index in [1.807, 2.05) is 6.07 Å². The Morgan fingerprint density at radius 2 is 1.77 bits per heavy atom. The Morgan fingerprint density at radius 1 is 1.00 bits per heavy atom. The number of hydrogen-bond acceptors (Lipinski definition) is 6. The van der Waals surface area contributed by atoms with E-state index in [1.54, 1.807) is 35.7 Å². The number of hydrogen-bond donors (Lipinski definition) is 1. The lowest BCUT2D eigenvalue weighted by molar-refractivity contribution is 0.391. The SMILES string of the molecule is COc1ccc(S(=O)(=O)N2CCc3ccc(NS(=O)(=O)c4cccs4)cc3C2)cc1. The first kappa shape index (κ1) is 20.9. The summed E-state index contributed by atoms with van der Waals surface area (Å²) in [5.41, 5.74) is 2.20. The molecule has 7 nitrogen and oxygen atoms in total. The van der Waals surface area contributed by atoms with E-state index in [1.165, 1.54) is 29.6 Å². The molecule has 0 spiro atoms. The molecule has 2 aromatic carbocycles. The van der Waals surface area contributed by atoms with Crippen LogP contribution < -0.4 is 9.46 Å². The maximum Gasteiger partial charge on any atom is 0.271 e. The van der Waals surface area contributed by atoms with E-state index in [2.05, 4.69) is 4.72 Å². The zero-order chi connectivity index (χ0) is 21.4. The molecule has 10 heteroatoms. The summed E-state index contributed by atoms with van der Waals surface area (Å²) in [4.78, 5) is 0.196. The van der Waals surface area contributed by atoms with Gasteiger partial charge in [-0.25, -0.2) is 16.8 Å². The van der Waals surface area contributed by atoms with Crippen LogP contribution in [0.1, 0.15) is 11.1 Å². The molecule has 1 N–H and O–H groups in total. The molecule has 0 unspecified atom stereocenters. The topological polar surface area (TPSA) is 92.8 Å². The second-order valence-corrected chi connectivity index (χ2v) is 11.6. The third kappa shape index (κ3) is 4.08. The molecule has 158 valence electrons. The highest BCUT2D eigenvalue weighted by molar-refractivity contribution is 7.94. The summed E-state index contributed by atoms with van der Waals surface area (Å²) in [7, 11) is -5.81. The molecule has 0 saturated carbocycles. The van der Waals surface area contributed by atoms with Crippen molar-refractivity contribution in [3.8, 4) is 5.75 Å². The minimum Gasteiger partial charge on any atom is -0.497 e. The maximum atomic E-state index is 13.0. The summed E-state index contributed by atoms with van der Waals surface area (Å²) in [6.07, 6.45) is 0.558. The fourth-order valence-corrected chi connectivity index (χ4v) is 6.78. The van der Waals surface area contributed by atoms with Gasteiger partial charge in [0, 0.05) is 18.8 Å². The van der Waals surface area contributed by atoms with Crippen molar-refractivity contribution in [3.63, 3.8) is 0 Å². The number of anilines is 1. The van der Waals surface area contributed by atoms with Crippen LogP contribution in [0.5, 0.6) is 5.75 Å². The van der Waals surface area contributed by atoms with Crippen molar-refractivity contribution in [2.75, 3.05) is 18.4 Å². The Hall–Kier alpha value is -2.40. The summed E-state index contributed by atoms with van der Waals surface area (Å²) in [6.45, 7) is 0.542. The molecule has 0 aliphatic carbocycles. The Balaban J connectivity index is 1.57. The van der Waals surface area contributed by atoms with Gasteiger partial charge >= 0.3 is 0 Å². The van der Waals surface area contributed by atoms with Crippen molar-refractivity contribution < 1.29 is 21.6 Å². The predicted molar refractivity (Wildman–Crippen MR) is 116 cm³/mol. The van der Waals surface area contributed by atoms with Crippen molar-refractivity contribution in [1.82, 2.24) is 4.31 Å². The average molecular weight is 465 g/mol. The van der Waals surface area contributed by atoms with Crippen LogP contribution in [0.3, 0.4) is 0 Å². The Bertz CT molecular complexity index is 1250. The summed E-state index contributed by atoms with van der Waals surface area (Å²) in [5.74, 6) is 0.584. The lowest BCUT2D eigenvalue weighted by Crippen LogP contribution is -2.36. The molecular formula is C20H20N2O5S3. The zero-order valence-corrected chi connectivity index (χ0v) is 18.6. The van der Waals surface area contributed by atoms with E-state index in [0.717, 1.165) is 22.5 Å². The second-order valence-electron chi connectivity index (χ2n) is 6.79. The van der Waals surface area contributed by atoms with Gasteiger partial charge in [-0.1, -0.05) is 12.1 Å². The highest BCUT2D eigenvalue weighted by Crippen LogP contribution is 2.29. The van der Waals surface area contributed by atoms with Crippen LogP contribution in [-0.2, 0) is 33.0 Å². The third-order valence-electron chi connectivity index (χ3n) is 4.89. The minimum absolute atomic E-state index is 0.179. The van der Waals surface area contributed by atoms with Gasteiger partial charge in [0.1, 0.15) is 9.96 Å². The number of sulfonamides is 2. The van der Waals surface area contributed by atoms with Crippen LogP contribution >= 0.6 is 11.3 Å². The van der Waals surface area contributed by atoms with Gasteiger partial charge in [-0.2, -0.15) is 4.31 Å². The lowest BCUT2D eigenvalue weighted by atomic mass is 10.0.